The summed E-state index contributed by atoms with van der Waals surface area (Å²) in [6, 6.07) is 18.8. The van der Waals surface area contributed by atoms with Crippen molar-refractivity contribution in [3.63, 3.8) is 0 Å². The Balaban J connectivity index is 0.000000431. The van der Waals surface area contributed by atoms with Crippen molar-refractivity contribution in [3.8, 4) is 5.75 Å². The smallest absolute Gasteiger partial charge is 0.466 e. The summed E-state index contributed by atoms with van der Waals surface area (Å²) in [5.41, 5.74) is 0. The van der Waals surface area contributed by atoms with E-state index in [2.05, 4.69) is 59.2 Å². The van der Waals surface area contributed by atoms with Gasteiger partial charge < -0.3 is 24.7 Å². The minimum Gasteiger partial charge on any atom is -0.492 e. The van der Waals surface area contributed by atoms with Gasteiger partial charge in [0.2, 0.25) is 0 Å². The molecule has 8 heteroatoms. The van der Waals surface area contributed by atoms with E-state index in [1.165, 1.54) is 15.6 Å². The molecule has 140 valence electrons. The van der Waals surface area contributed by atoms with E-state index in [-0.39, 0.29) is 0 Å². The van der Waals surface area contributed by atoms with Gasteiger partial charge in [-0.2, -0.15) is 0 Å². The maximum Gasteiger partial charge on any atom is 0.466 e. The molecule has 0 radical (unpaired) electrons. The lowest BCUT2D eigenvalue weighted by Crippen LogP contribution is -2.22. The summed E-state index contributed by atoms with van der Waals surface area (Å²) >= 11 is 1.79. The van der Waals surface area contributed by atoms with E-state index in [9.17, 15) is 0 Å². The first-order valence-corrected chi connectivity index (χ1v) is 10.4. The minimum absolute atomic E-state index is 0.383. The van der Waals surface area contributed by atoms with Crippen molar-refractivity contribution in [2.75, 3.05) is 20.2 Å². The topological polar surface area (TPSA) is 99.0 Å². The predicted octanol–water partition coefficient (Wildman–Crippen LogP) is 3.35. The van der Waals surface area contributed by atoms with Crippen LogP contribution in [0.2, 0.25) is 0 Å². The Hall–Kier alpha value is -1.73. The highest BCUT2D eigenvalue weighted by Crippen LogP contribution is 2.28. The molecule has 26 heavy (non-hydrogen) atoms. The van der Waals surface area contributed by atoms with Gasteiger partial charge in [0.25, 0.3) is 0 Å². The highest BCUT2D eigenvalue weighted by Gasteiger charge is 2.13. The van der Waals surface area contributed by atoms with E-state index in [1.54, 1.807) is 11.3 Å². The molecule has 0 aliphatic carbocycles. The summed E-state index contributed by atoms with van der Waals surface area (Å²) in [5, 5.41) is 7.77. The molecule has 2 aromatic carbocycles. The molecule has 4 N–H and O–H groups in total. The van der Waals surface area contributed by atoms with E-state index in [0.717, 1.165) is 12.3 Å². The van der Waals surface area contributed by atoms with Gasteiger partial charge in [-0.05, 0) is 29.9 Å². The average Bonchev–Trinajstić information content (AvgIpc) is 3.11. The molecule has 0 saturated heterocycles. The molecule has 1 aromatic heterocycles. The second-order valence-electron chi connectivity index (χ2n) is 5.57. The summed E-state index contributed by atoms with van der Waals surface area (Å²) in [6.07, 6.45) is 0. The molecular weight excluding hydrogens is 373 g/mol. The van der Waals surface area contributed by atoms with E-state index in [0.29, 0.717) is 12.5 Å². The Morgan fingerprint density at radius 1 is 1.08 bits per heavy atom. The van der Waals surface area contributed by atoms with Gasteiger partial charge in [-0.15, -0.1) is 11.3 Å². The molecule has 1 atom stereocenters. The van der Waals surface area contributed by atoms with Gasteiger partial charge in [0, 0.05) is 22.7 Å². The number of thiophene rings is 1. The number of fused-ring (bicyclic) bond motifs is 1. The van der Waals surface area contributed by atoms with Crippen LogP contribution in [-0.4, -0.2) is 34.9 Å². The van der Waals surface area contributed by atoms with Crippen LogP contribution in [0.4, 0.5) is 0 Å². The highest BCUT2D eigenvalue weighted by atomic mass is 32.1. The fraction of sp³-hybridized carbons (Fsp3) is 0.222. The fourth-order valence-corrected chi connectivity index (χ4v) is 3.34. The Morgan fingerprint density at radius 2 is 1.77 bits per heavy atom. The number of ether oxygens (including phenoxy) is 1. The van der Waals surface area contributed by atoms with Crippen molar-refractivity contribution in [1.29, 1.82) is 0 Å². The van der Waals surface area contributed by atoms with Gasteiger partial charge in [0.15, 0.2) is 0 Å². The van der Waals surface area contributed by atoms with Crippen LogP contribution in [0, 0.1) is 0 Å². The maximum atomic E-state index is 8.88. The van der Waals surface area contributed by atoms with Crippen LogP contribution in [-0.2, 0) is 4.57 Å². The molecule has 0 bridgehead atoms. The van der Waals surface area contributed by atoms with Crippen molar-refractivity contribution in [1.82, 2.24) is 5.32 Å². The fourth-order valence-electron chi connectivity index (χ4n) is 2.52. The molecule has 3 rings (SSSR count). The van der Waals surface area contributed by atoms with Crippen molar-refractivity contribution in [2.24, 2.45) is 0 Å². The number of nitrogens with one attached hydrogen (secondary N) is 1. The lowest BCUT2D eigenvalue weighted by molar-refractivity contribution is 0.275. The normalized spacial score (nSPS) is 12.3. The van der Waals surface area contributed by atoms with Crippen molar-refractivity contribution in [2.45, 2.75) is 5.92 Å². The number of hydrogen-bond acceptors (Lipinski definition) is 4. The second-order valence-corrected chi connectivity index (χ2v) is 7.58. The van der Waals surface area contributed by atoms with Crippen LogP contribution in [0.5, 0.6) is 5.75 Å². The van der Waals surface area contributed by atoms with Gasteiger partial charge >= 0.3 is 7.82 Å². The summed E-state index contributed by atoms with van der Waals surface area (Å²) in [6.45, 7) is 1.61. The summed E-state index contributed by atoms with van der Waals surface area (Å²) < 4.78 is 15.0. The molecule has 0 aliphatic rings. The molecular formula is C18H22NO5PS. The van der Waals surface area contributed by atoms with Crippen LogP contribution in [0.1, 0.15) is 10.8 Å². The van der Waals surface area contributed by atoms with Gasteiger partial charge in [0.1, 0.15) is 5.75 Å². The molecule has 0 amide bonds. The zero-order valence-corrected chi connectivity index (χ0v) is 16.0. The third-order valence-electron chi connectivity index (χ3n) is 3.59. The monoisotopic (exact) mass is 395 g/mol. The van der Waals surface area contributed by atoms with E-state index in [1.807, 2.05) is 13.1 Å². The van der Waals surface area contributed by atoms with Gasteiger partial charge in [-0.25, -0.2) is 4.57 Å². The molecule has 1 unspecified atom stereocenters. The number of hydrogen-bond donors (Lipinski definition) is 4. The maximum absolute atomic E-state index is 8.88. The quantitative estimate of drug-likeness (QED) is 0.478. The van der Waals surface area contributed by atoms with Gasteiger partial charge in [-0.1, -0.05) is 42.5 Å². The molecule has 0 aliphatic heterocycles. The second kappa shape index (κ2) is 9.83. The van der Waals surface area contributed by atoms with E-state index < -0.39 is 7.82 Å². The predicted molar refractivity (Wildman–Crippen MR) is 105 cm³/mol. The van der Waals surface area contributed by atoms with Crippen LogP contribution >= 0.6 is 19.2 Å². The molecule has 1 heterocycles. The first kappa shape index (κ1) is 20.6. The van der Waals surface area contributed by atoms with Crippen LogP contribution < -0.4 is 10.1 Å². The lowest BCUT2D eigenvalue weighted by Gasteiger charge is -2.17. The lowest BCUT2D eigenvalue weighted by atomic mass is 10.1. The summed E-state index contributed by atoms with van der Waals surface area (Å²) in [5.74, 6) is 1.35. The highest BCUT2D eigenvalue weighted by molar-refractivity contribution is 7.45. The first-order valence-electron chi connectivity index (χ1n) is 7.95. The van der Waals surface area contributed by atoms with Crippen LogP contribution in [0.15, 0.2) is 60.0 Å². The Labute approximate surface area is 156 Å². The van der Waals surface area contributed by atoms with Crippen molar-refractivity contribution < 1.29 is 24.0 Å². The molecule has 3 aromatic rings. The summed E-state index contributed by atoms with van der Waals surface area (Å²) in [4.78, 5) is 22.9. The third kappa shape index (κ3) is 6.88. The Bertz CT molecular complexity index is 836. The average molecular weight is 395 g/mol. The number of benzene rings is 2. The number of rotatable bonds is 6. The van der Waals surface area contributed by atoms with Crippen LogP contribution in [0.3, 0.4) is 0 Å². The zero-order valence-electron chi connectivity index (χ0n) is 14.3. The standard InChI is InChI=1S/C18H19NOS.H3O4P/c1-19-12-15(18-10-5-11-21-18)13-20-17-9-4-7-14-6-2-3-8-16(14)17;1-5(2,3)4/h2-11,15,19H,12-13H2,1H3;(H3,1,2,3,4). The van der Waals surface area contributed by atoms with E-state index >= 15 is 0 Å². The van der Waals surface area contributed by atoms with Crippen molar-refractivity contribution >= 4 is 29.9 Å². The molecule has 0 spiro atoms. The zero-order chi connectivity index (χ0) is 19.0. The van der Waals surface area contributed by atoms with Gasteiger partial charge in [-0.3, -0.25) is 0 Å². The first-order chi connectivity index (χ1) is 12.4. The van der Waals surface area contributed by atoms with Crippen LogP contribution in [0.25, 0.3) is 10.8 Å². The third-order valence-corrected chi connectivity index (χ3v) is 4.62. The Morgan fingerprint density at radius 3 is 2.42 bits per heavy atom. The molecule has 0 saturated carbocycles. The van der Waals surface area contributed by atoms with E-state index in [4.69, 9.17) is 24.0 Å². The minimum atomic E-state index is -4.64. The molecule has 0 fully saturated rings. The Kier molecular flexibility index (Phi) is 7.78. The largest absolute Gasteiger partial charge is 0.492 e. The SMILES string of the molecule is CNCC(COc1cccc2ccccc12)c1cccs1.O=P(O)(O)O. The number of likely N-dealkylation sites (N-methyl/N-ethyl adjacent to an activating group) is 1. The molecule has 6 nitrogen and oxygen atoms in total. The van der Waals surface area contributed by atoms with Gasteiger partial charge in [0.05, 0.1) is 6.61 Å². The number of phosphoric acid groups is 1. The summed E-state index contributed by atoms with van der Waals surface area (Å²) in [7, 11) is -2.65. The van der Waals surface area contributed by atoms with Crippen molar-refractivity contribution in [3.05, 3.63) is 64.9 Å².